The monoisotopic (exact) mass is 197 g/mol. The molecule has 1 rings (SSSR count). The molecule has 1 amide bonds. The van der Waals surface area contributed by atoms with Gasteiger partial charge in [0.25, 0.3) is 0 Å². The number of rotatable bonds is 3. The molecule has 1 aliphatic rings. The molecular formula is C10H19N3O. The summed E-state index contributed by atoms with van der Waals surface area (Å²) in [6, 6.07) is 0. The molecule has 0 radical (unpaired) electrons. The third kappa shape index (κ3) is 3.89. The van der Waals surface area contributed by atoms with Crippen LogP contribution in [0.25, 0.3) is 0 Å². The molecule has 14 heavy (non-hydrogen) atoms. The van der Waals surface area contributed by atoms with Gasteiger partial charge in [-0.15, -0.1) is 0 Å². The van der Waals surface area contributed by atoms with Crippen LogP contribution in [0, 0.1) is 0 Å². The van der Waals surface area contributed by atoms with Gasteiger partial charge in [0.1, 0.15) is 0 Å². The van der Waals surface area contributed by atoms with Gasteiger partial charge < -0.3 is 15.1 Å². The summed E-state index contributed by atoms with van der Waals surface area (Å²) < 4.78 is 0. The van der Waals surface area contributed by atoms with E-state index in [0.29, 0.717) is 0 Å². The van der Waals surface area contributed by atoms with E-state index in [4.69, 9.17) is 0 Å². The van der Waals surface area contributed by atoms with Crippen LogP contribution in [-0.2, 0) is 4.79 Å². The van der Waals surface area contributed by atoms with Crippen LogP contribution in [-0.4, -0.2) is 62.5 Å². The Hall–Kier alpha value is -0.870. The molecule has 1 N–H and O–H groups in total. The van der Waals surface area contributed by atoms with Crippen molar-refractivity contribution in [1.29, 1.82) is 0 Å². The Morgan fingerprint density at radius 1 is 1.43 bits per heavy atom. The first kappa shape index (κ1) is 11.2. The lowest BCUT2D eigenvalue weighted by molar-refractivity contribution is -0.126. The Labute approximate surface area is 85.6 Å². The zero-order chi connectivity index (χ0) is 10.4. The molecule has 80 valence electrons. The second kappa shape index (κ2) is 5.78. The first-order valence-corrected chi connectivity index (χ1v) is 5.01. The largest absolute Gasteiger partial charge is 0.337 e. The van der Waals surface area contributed by atoms with Crippen LogP contribution in [0.2, 0.25) is 0 Å². The third-order valence-corrected chi connectivity index (χ3v) is 2.16. The van der Waals surface area contributed by atoms with Crippen molar-refractivity contribution in [1.82, 2.24) is 15.1 Å². The van der Waals surface area contributed by atoms with E-state index < -0.39 is 0 Å². The zero-order valence-electron chi connectivity index (χ0n) is 8.99. The third-order valence-electron chi connectivity index (χ3n) is 2.16. The molecule has 1 saturated heterocycles. The van der Waals surface area contributed by atoms with Crippen LogP contribution in [0.4, 0.5) is 0 Å². The van der Waals surface area contributed by atoms with Gasteiger partial charge in [-0.3, -0.25) is 4.79 Å². The molecule has 0 aromatic rings. The van der Waals surface area contributed by atoms with Gasteiger partial charge in [0.05, 0.1) is 0 Å². The molecule has 1 fully saturated rings. The number of piperazine rings is 1. The summed E-state index contributed by atoms with van der Waals surface area (Å²) in [5.74, 6) is 0.133. The van der Waals surface area contributed by atoms with Gasteiger partial charge in [-0.25, -0.2) is 0 Å². The minimum Gasteiger partial charge on any atom is -0.337 e. The van der Waals surface area contributed by atoms with Crippen molar-refractivity contribution in [3.63, 3.8) is 0 Å². The van der Waals surface area contributed by atoms with Crippen LogP contribution in [0.3, 0.4) is 0 Å². The molecule has 0 atom stereocenters. The number of likely N-dealkylation sites (N-methyl/N-ethyl adjacent to an activating group) is 1. The molecule has 0 saturated carbocycles. The van der Waals surface area contributed by atoms with Gasteiger partial charge >= 0.3 is 0 Å². The number of carbonyl (C=O) groups excluding carboxylic acids is 1. The Morgan fingerprint density at radius 2 is 2.07 bits per heavy atom. The zero-order valence-corrected chi connectivity index (χ0v) is 8.99. The van der Waals surface area contributed by atoms with E-state index in [1.807, 2.05) is 30.0 Å². The van der Waals surface area contributed by atoms with Gasteiger partial charge in [0, 0.05) is 38.8 Å². The Balaban J connectivity index is 2.29. The topological polar surface area (TPSA) is 35.6 Å². The SMILES string of the molecule is CN(C)CC=CC(=O)N1CCNCC1. The molecule has 0 unspecified atom stereocenters. The highest BCUT2D eigenvalue weighted by molar-refractivity contribution is 5.87. The highest BCUT2D eigenvalue weighted by Gasteiger charge is 2.12. The summed E-state index contributed by atoms with van der Waals surface area (Å²) in [7, 11) is 3.97. The van der Waals surface area contributed by atoms with Gasteiger partial charge in [-0.1, -0.05) is 6.08 Å². The molecule has 4 heteroatoms. The van der Waals surface area contributed by atoms with Crippen LogP contribution in [0.15, 0.2) is 12.2 Å². The second-order valence-electron chi connectivity index (χ2n) is 3.74. The Morgan fingerprint density at radius 3 is 2.64 bits per heavy atom. The normalized spacial score (nSPS) is 18.1. The number of amides is 1. The van der Waals surface area contributed by atoms with E-state index in [0.717, 1.165) is 32.7 Å². The van der Waals surface area contributed by atoms with E-state index in [9.17, 15) is 4.79 Å². The Bertz CT molecular complexity index is 207. The Kier molecular flexibility index (Phi) is 4.62. The molecule has 4 nitrogen and oxygen atoms in total. The summed E-state index contributed by atoms with van der Waals surface area (Å²) in [6.07, 6.45) is 3.58. The molecule has 0 aliphatic carbocycles. The fourth-order valence-corrected chi connectivity index (χ4v) is 1.35. The summed E-state index contributed by atoms with van der Waals surface area (Å²) in [5, 5.41) is 3.22. The average Bonchev–Trinajstić information content (AvgIpc) is 2.18. The van der Waals surface area contributed by atoms with Gasteiger partial charge in [-0.05, 0) is 14.1 Å². The summed E-state index contributed by atoms with van der Waals surface area (Å²) in [6.45, 7) is 4.29. The fourth-order valence-electron chi connectivity index (χ4n) is 1.35. The fraction of sp³-hybridized carbons (Fsp3) is 0.700. The standard InChI is InChI=1S/C10H19N3O/c1-12(2)7-3-4-10(14)13-8-5-11-6-9-13/h3-4,11H,5-9H2,1-2H3. The van der Waals surface area contributed by atoms with Crippen LogP contribution in [0.1, 0.15) is 0 Å². The lowest BCUT2D eigenvalue weighted by Gasteiger charge is -2.26. The van der Waals surface area contributed by atoms with Crippen molar-refractivity contribution < 1.29 is 4.79 Å². The number of hydrogen-bond acceptors (Lipinski definition) is 3. The van der Waals surface area contributed by atoms with E-state index in [1.54, 1.807) is 6.08 Å². The average molecular weight is 197 g/mol. The predicted molar refractivity (Wildman–Crippen MR) is 57.1 cm³/mol. The predicted octanol–water partition coefficient (Wildman–Crippen LogP) is -0.464. The number of carbonyl (C=O) groups is 1. The van der Waals surface area contributed by atoms with Crippen molar-refractivity contribution in [2.45, 2.75) is 0 Å². The quantitative estimate of drug-likeness (QED) is 0.622. The van der Waals surface area contributed by atoms with Gasteiger partial charge in [-0.2, -0.15) is 0 Å². The van der Waals surface area contributed by atoms with Crippen LogP contribution < -0.4 is 5.32 Å². The minimum absolute atomic E-state index is 0.133. The summed E-state index contributed by atoms with van der Waals surface area (Å²) in [5.41, 5.74) is 0. The number of nitrogens with zero attached hydrogens (tertiary/aromatic N) is 2. The van der Waals surface area contributed by atoms with Gasteiger partial charge in [0.2, 0.25) is 5.91 Å². The lowest BCUT2D eigenvalue weighted by atomic mass is 10.3. The smallest absolute Gasteiger partial charge is 0.246 e. The van der Waals surface area contributed by atoms with Crippen molar-refractivity contribution >= 4 is 5.91 Å². The van der Waals surface area contributed by atoms with Crippen molar-refractivity contribution in [3.05, 3.63) is 12.2 Å². The van der Waals surface area contributed by atoms with E-state index >= 15 is 0 Å². The van der Waals surface area contributed by atoms with Crippen molar-refractivity contribution in [2.75, 3.05) is 46.8 Å². The minimum atomic E-state index is 0.133. The maximum atomic E-state index is 11.6. The molecule has 0 bridgehead atoms. The highest BCUT2D eigenvalue weighted by atomic mass is 16.2. The molecule has 1 aliphatic heterocycles. The van der Waals surface area contributed by atoms with Crippen molar-refractivity contribution in [2.24, 2.45) is 0 Å². The van der Waals surface area contributed by atoms with Crippen LogP contribution >= 0.6 is 0 Å². The second-order valence-corrected chi connectivity index (χ2v) is 3.74. The molecular weight excluding hydrogens is 178 g/mol. The molecule has 0 aromatic carbocycles. The van der Waals surface area contributed by atoms with Crippen LogP contribution in [0.5, 0.6) is 0 Å². The van der Waals surface area contributed by atoms with E-state index in [-0.39, 0.29) is 5.91 Å². The number of nitrogens with one attached hydrogen (secondary N) is 1. The maximum absolute atomic E-state index is 11.6. The first-order chi connectivity index (χ1) is 6.70. The lowest BCUT2D eigenvalue weighted by Crippen LogP contribution is -2.45. The number of hydrogen-bond donors (Lipinski definition) is 1. The summed E-state index contributed by atoms with van der Waals surface area (Å²) >= 11 is 0. The molecule has 0 aromatic heterocycles. The highest BCUT2D eigenvalue weighted by Crippen LogP contribution is 1.94. The summed E-state index contributed by atoms with van der Waals surface area (Å²) in [4.78, 5) is 15.5. The first-order valence-electron chi connectivity index (χ1n) is 5.01. The maximum Gasteiger partial charge on any atom is 0.246 e. The van der Waals surface area contributed by atoms with E-state index in [2.05, 4.69) is 5.32 Å². The van der Waals surface area contributed by atoms with E-state index in [1.165, 1.54) is 0 Å². The molecule has 1 heterocycles. The molecule has 0 spiro atoms. The van der Waals surface area contributed by atoms with Crippen molar-refractivity contribution in [3.8, 4) is 0 Å². The van der Waals surface area contributed by atoms with Gasteiger partial charge in [0.15, 0.2) is 0 Å².